The fourth-order valence-corrected chi connectivity index (χ4v) is 1.17. The number of nitrogens with zero attached hydrogens (tertiary/aromatic N) is 1. The first-order valence-electron chi connectivity index (χ1n) is 4.11. The summed E-state index contributed by atoms with van der Waals surface area (Å²) < 4.78 is 11.9. The normalized spacial score (nSPS) is 25.8. The van der Waals surface area contributed by atoms with Gasteiger partial charge in [-0.2, -0.15) is 0 Å². The van der Waals surface area contributed by atoms with Crippen LogP contribution in [0.2, 0.25) is 0 Å². The highest BCUT2D eigenvalue weighted by Gasteiger charge is 2.19. The summed E-state index contributed by atoms with van der Waals surface area (Å²) in [6, 6.07) is 0.231. The maximum atomic E-state index is 11.9. The van der Waals surface area contributed by atoms with E-state index in [0.29, 0.717) is 0 Å². The Balaban J connectivity index is 0.000000371. The van der Waals surface area contributed by atoms with E-state index in [1.807, 2.05) is 20.9 Å². The first kappa shape index (κ1) is 9.89. The largest absolute Gasteiger partial charge is 0.301 e. The molecule has 62 valence electrons. The standard InChI is InChI=1S/C6H12FN.C2H6/c1-8-4-2-3-6(8)5-7;1-2/h6H,2-5H2,1H3;1-2H3. The van der Waals surface area contributed by atoms with Crippen LogP contribution in [0.15, 0.2) is 0 Å². The molecule has 0 aromatic rings. The molecule has 1 aliphatic rings. The Labute approximate surface area is 63.2 Å². The smallest absolute Gasteiger partial charge is 0.105 e. The summed E-state index contributed by atoms with van der Waals surface area (Å²) in [5.41, 5.74) is 0. The zero-order valence-corrected chi connectivity index (χ0v) is 7.23. The molecular weight excluding hydrogens is 129 g/mol. The van der Waals surface area contributed by atoms with Crippen molar-refractivity contribution >= 4 is 0 Å². The second-order valence-corrected chi connectivity index (χ2v) is 2.43. The Hall–Kier alpha value is -0.110. The van der Waals surface area contributed by atoms with Gasteiger partial charge in [0.05, 0.1) is 0 Å². The molecule has 1 unspecified atom stereocenters. The monoisotopic (exact) mass is 147 g/mol. The molecule has 0 saturated carbocycles. The third-order valence-corrected chi connectivity index (χ3v) is 1.85. The second kappa shape index (κ2) is 5.66. The summed E-state index contributed by atoms with van der Waals surface area (Å²) in [7, 11) is 1.98. The molecule has 0 aromatic heterocycles. The molecule has 0 spiro atoms. The van der Waals surface area contributed by atoms with Crippen LogP contribution in [0.4, 0.5) is 4.39 Å². The molecule has 1 heterocycles. The van der Waals surface area contributed by atoms with Crippen LogP contribution in [0.5, 0.6) is 0 Å². The lowest BCUT2D eigenvalue weighted by Crippen LogP contribution is -2.26. The van der Waals surface area contributed by atoms with E-state index >= 15 is 0 Å². The first-order valence-corrected chi connectivity index (χ1v) is 4.11. The quantitative estimate of drug-likeness (QED) is 0.549. The molecule has 1 fully saturated rings. The average Bonchev–Trinajstić information content (AvgIpc) is 2.39. The summed E-state index contributed by atoms with van der Waals surface area (Å²) >= 11 is 0. The average molecular weight is 147 g/mol. The van der Waals surface area contributed by atoms with Crippen molar-refractivity contribution in [1.82, 2.24) is 4.90 Å². The van der Waals surface area contributed by atoms with Crippen LogP contribution in [0.1, 0.15) is 26.7 Å². The van der Waals surface area contributed by atoms with E-state index in [-0.39, 0.29) is 12.7 Å². The molecule has 1 saturated heterocycles. The number of rotatable bonds is 1. The van der Waals surface area contributed by atoms with Crippen LogP contribution in [0.25, 0.3) is 0 Å². The van der Waals surface area contributed by atoms with Gasteiger partial charge >= 0.3 is 0 Å². The molecule has 1 atom stereocenters. The lowest BCUT2D eigenvalue weighted by atomic mass is 10.2. The Kier molecular flexibility index (Phi) is 5.60. The number of alkyl halides is 1. The van der Waals surface area contributed by atoms with Crippen LogP contribution in [-0.2, 0) is 0 Å². The molecule has 10 heavy (non-hydrogen) atoms. The van der Waals surface area contributed by atoms with Gasteiger partial charge in [-0.05, 0) is 26.4 Å². The van der Waals surface area contributed by atoms with Crippen LogP contribution in [0.3, 0.4) is 0 Å². The topological polar surface area (TPSA) is 3.24 Å². The van der Waals surface area contributed by atoms with E-state index in [4.69, 9.17) is 0 Å². The van der Waals surface area contributed by atoms with Gasteiger partial charge in [-0.25, -0.2) is 4.39 Å². The molecule has 1 aliphatic heterocycles. The van der Waals surface area contributed by atoms with Gasteiger partial charge in [0.15, 0.2) is 0 Å². The second-order valence-electron chi connectivity index (χ2n) is 2.43. The Morgan fingerprint density at radius 2 is 2.10 bits per heavy atom. The Morgan fingerprint density at radius 3 is 2.30 bits per heavy atom. The van der Waals surface area contributed by atoms with E-state index in [1.165, 1.54) is 6.42 Å². The molecule has 2 heteroatoms. The van der Waals surface area contributed by atoms with Crippen molar-refractivity contribution in [3.63, 3.8) is 0 Å². The highest BCUT2D eigenvalue weighted by atomic mass is 19.1. The van der Waals surface area contributed by atoms with E-state index in [0.717, 1.165) is 13.0 Å². The van der Waals surface area contributed by atoms with Gasteiger partial charge in [-0.3, -0.25) is 0 Å². The third-order valence-electron chi connectivity index (χ3n) is 1.85. The van der Waals surface area contributed by atoms with Gasteiger partial charge < -0.3 is 4.90 Å². The molecule has 0 bridgehead atoms. The minimum absolute atomic E-state index is 0.170. The molecular formula is C8H18FN. The summed E-state index contributed by atoms with van der Waals surface area (Å²) in [5.74, 6) is 0. The van der Waals surface area contributed by atoms with E-state index < -0.39 is 0 Å². The maximum absolute atomic E-state index is 11.9. The molecule has 1 nitrogen and oxygen atoms in total. The van der Waals surface area contributed by atoms with Gasteiger partial charge in [0, 0.05) is 6.04 Å². The Bertz CT molecular complexity index is 75.7. The van der Waals surface area contributed by atoms with Gasteiger partial charge in [0.2, 0.25) is 0 Å². The van der Waals surface area contributed by atoms with E-state index in [2.05, 4.69) is 4.90 Å². The summed E-state index contributed by atoms with van der Waals surface area (Å²) in [4.78, 5) is 2.08. The van der Waals surface area contributed by atoms with Crippen molar-refractivity contribution in [3.8, 4) is 0 Å². The van der Waals surface area contributed by atoms with E-state index in [9.17, 15) is 4.39 Å². The fraction of sp³-hybridized carbons (Fsp3) is 1.00. The lowest BCUT2D eigenvalue weighted by Gasteiger charge is -2.14. The predicted octanol–water partition coefficient (Wildman–Crippen LogP) is 2.08. The van der Waals surface area contributed by atoms with Gasteiger partial charge in [0.1, 0.15) is 6.67 Å². The molecule has 0 N–H and O–H groups in total. The number of hydrogen-bond donors (Lipinski definition) is 0. The van der Waals surface area contributed by atoms with Crippen LogP contribution < -0.4 is 0 Å². The molecule has 0 aliphatic carbocycles. The molecule has 0 radical (unpaired) electrons. The Morgan fingerprint density at radius 1 is 1.50 bits per heavy atom. The van der Waals surface area contributed by atoms with Crippen molar-refractivity contribution in [2.45, 2.75) is 32.7 Å². The van der Waals surface area contributed by atoms with Crippen molar-refractivity contribution in [2.75, 3.05) is 20.3 Å². The number of hydrogen-bond acceptors (Lipinski definition) is 1. The zero-order valence-electron chi connectivity index (χ0n) is 7.23. The highest BCUT2D eigenvalue weighted by molar-refractivity contribution is 4.74. The molecule has 1 rings (SSSR count). The zero-order chi connectivity index (χ0) is 7.98. The molecule has 0 amide bonds. The summed E-state index contributed by atoms with van der Waals surface area (Å²) in [6.45, 7) is 4.91. The van der Waals surface area contributed by atoms with Gasteiger partial charge in [-0.15, -0.1) is 0 Å². The maximum Gasteiger partial charge on any atom is 0.105 e. The van der Waals surface area contributed by atoms with Crippen molar-refractivity contribution < 1.29 is 4.39 Å². The van der Waals surface area contributed by atoms with Crippen LogP contribution in [-0.4, -0.2) is 31.2 Å². The fourth-order valence-electron chi connectivity index (χ4n) is 1.17. The van der Waals surface area contributed by atoms with Crippen LogP contribution >= 0.6 is 0 Å². The minimum Gasteiger partial charge on any atom is -0.301 e. The van der Waals surface area contributed by atoms with E-state index in [1.54, 1.807) is 0 Å². The first-order chi connectivity index (χ1) is 4.84. The summed E-state index contributed by atoms with van der Waals surface area (Å²) in [5, 5.41) is 0. The molecule has 0 aromatic carbocycles. The van der Waals surface area contributed by atoms with Gasteiger partial charge in [-0.1, -0.05) is 13.8 Å². The summed E-state index contributed by atoms with van der Waals surface area (Å²) in [6.07, 6.45) is 2.22. The van der Waals surface area contributed by atoms with Crippen LogP contribution in [0, 0.1) is 0 Å². The van der Waals surface area contributed by atoms with Crippen molar-refractivity contribution in [3.05, 3.63) is 0 Å². The van der Waals surface area contributed by atoms with Crippen molar-refractivity contribution in [1.29, 1.82) is 0 Å². The minimum atomic E-state index is -0.170. The lowest BCUT2D eigenvalue weighted by molar-refractivity contribution is 0.255. The predicted molar refractivity (Wildman–Crippen MR) is 43.0 cm³/mol. The highest BCUT2D eigenvalue weighted by Crippen LogP contribution is 2.14. The van der Waals surface area contributed by atoms with Gasteiger partial charge in [0.25, 0.3) is 0 Å². The van der Waals surface area contributed by atoms with Crippen molar-refractivity contribution in [2.24, 2.45) is 0 Å². The third kappa shape index (κ3) is 2.65. The number of likely N-dealkylation sites (tertiary alicyclic amines) is 1. The SMILES string of the molecule is CC.CN1CCCC1CF. The number of halogens is 1.